The lowest BCUT2D eigenvalue weighted by Crippen LogP contribution is -2.45. The Labute approximate surface area is 87.8 Å². The molecule has 2 heterocycles. The number of piperidine rings is 1. The Balaban J connectivity index is 2.00. The van der Waals surface area contributed by atoms with Crippen LogP contribution in [-0.2, 0) is 0 Å². The van der Waals surface area contributed by atoms with Crippen molar-refractivity contribution in [1.82, 2.24) is 10.6 Å². The molecule has 2 heteroatoms. The van der Waals surface area contributed by atoms with Gasteiger partial charge in [0.25, 0.3) is 0 Å². The van der Waals surface area contributed by atoms with Gasteiger partial charge in [-0.3, -0.25) is 0 Å². The average molecular weight is 196 g/mol. The molecule has 0 amide bonds. The van der Waals surface area contributed by atoms with Gasteiger partial charge in [-0.15, -0.1) is 0 Å². The van der Waals surface area contributed by atoms with Gasteiger partial charge in [0, 0.05) is 6.04 Å². The van der Waals surface area contributed by atoms with Gasteiger partial charge in [-0.2, -0.15) is 0 Å². The van der Waals surface area contributed by atoms with Crippen LogP contribution in [0, 0.1) is 11.3 Å². The zero-order valence-electron chi connectivity index (χ0n) is 9.60. The van der Waals surface area contributed by atoms with Crippen LogP contribution in [0.15, 0.2) is 0 Å². The largest absolute Gasteiger partial charge is 0.317 e. The zero-order chi connectivity index (χ0) is 10.0. The van der Waals surface area contributed by atoms with Gasteiger partial charge in [0.2, 0.25) is 0 Å². The molecule has 2 rings (SSSR count). The standard InChI is InChI=1S/C12H24N2/c1-10(2)9-11-12(5-8-14-11)3-6-13-7-4-12/h10-11,13-14H,3-9H2,1-2H3. The summed E-state index contributed by atoms with van der Waals surface area (Å²) in [4.78, 5) is 0. The van der Waals surface area contributed by atoms with Crippen LogP contribution in [-0.4, -0.2) is 25.7 Å². The van der Waals surface area contributed by atoms with Crippen LogP contribution >= 0.6 is 0 Å². The number of hydrogen-bond acceptors (Lipinski definition) is 2. The molecule has 0 bridgehead atoms. The Morgan fingerprint density at radius 2 is 1.79 bits per heavy atom. The van der Waals surface area contributed by atoms with Gasteiger partial charge in [0.05, 0.1) is 0 Å². The molecular formula is C12H24N2. The van der Waals surface area contributed by atoms with Crippen LogP contribution in [0.4, 0.5) is 0 Å². The molecule has 1 atom stereocenters. The second-order valence-electron chi connectivity index (χ2n) is 5.50. The molecule has 2 fully saturated rings. The highest BCUT2D eigenvalue weighted by atomic mass is 15.0. The van der Waals surface area contributed by atoms with Crippen molar-refractivity contribution in [2.45, 2.75) is 45.6 Å². The van der Waals surface area contributed by atoms with Crippen LogP contribution in [0.2, 0.25) is 0 Å². The van der Waals surface area contributed by atoms with Crippen molar-refractivity contribution in [3.63, 3.8) is 0 Å². The summed E-state index contributed by atoms with van der Waals surface area (Å²) < 4.78 is 0. The van der Waals surface area contributed by atoms with Crippen molar-refractivity contribution in [2.75, 3.05) is 19.6 Å². The topological polar surface area (TPSA) is 24.1 Å². The van der Waals surface area contributed by atoms with E-state index >= 15 is 0 Å². The Kier molecular flexibility index (Phi) is 3.13. The lowest BCUT2D eigenvalue weighted by molar-refractivity contribution is 0.159. The summed E-state index contributed by atoms with van der Waals surface area (Å²) in [5.41, 5.74) is 0.648. The van der Waals surface area contributed by atoms with Gasteiger partial charge in [-0.25, -0.2) is 0 Å². The van der Waals surface area contributed by atoms with Gasteiger partial charge in [0.15, 0.2) is 0 Å². The maximum atomic E-state index is 3.72. The van der Waals surface area contributed by atoms with Crippen LogP contribution in [0.1, 0.15) is 39.5 Å². The zero-order valence-corrected chi connectivity index (χ0v) is 9.60. The lowest BCUT2D eigenvalue weighted by Gasteiger charge is -2.39. The monoisotopic (exact) mass is 196 g/mol. The van der Waals surface area contributed by atoms with E-state index in [9.17, 15) is 0 Å². The summed E-state index contributed by atoms with van der Waals surface area (Å²) in [5, 5.41) is 7.20. The van der Waals surface area contributed by atoms with E-state index in [1.54, 1.807) is 0 Å². The molecule has 0 radical (unpaired) electrons. The molecule has 1 unspecified atom stereocenters. The van der Waals surface area contributed by atoms with Gasteiger partial charge in [-0.1, -0.05) is 13.8 Å². The summed E-state index contributed by atoms with van der Waals surface area (Å²) in [6.45, 7) is 8.40. The Morgan fingerprint density at radius 1 is 1.14 bits per heavy atom. The summed E-state index contributed by atoms with van der Waals surface area (Å²) in [7, 11) is 0. The first-order valence-corrected chi connectivity index (χ1v) is 6.17. The van der Waals surface area contributed by atoms with E-state index in [0.717, 1.165) is 12.0 Å². The summed E-state index contributed by atoms with van der Waals surface area (Å²) in [6, 6.07) is 0.796. The molecule has 2 N–H and O–H groups in total. The van der Waals surface area contributed by atoms with E-state index in [1.165, 1.54) is 45.3 Å². The molecular weight excluding hydrogens is 172 g/mol. The molecule has 2 nitrogen and oxygen atoms in total. The molecule has 0 aromatic heterocycles. The Hall–Kier alpha value is -0.0800. The second kappa shape index (κ2) is 4.19. The first-order valence-electron chi connectivity index (χ1n) is 6.17. The van der Waals surface area contributed by atoms with Crippen molar-refractivity contribution in [3.8, 4) is 0 Å². The fourth-order valence-electron chi connectivity index (χ4n) is 3.21. The highest BCUT2D eigenvalue weighted by Gasteiger charge is 2.42. The van der Waals surface area contributed by atoms with Crippen molar-refractivity contribution in [3.05, 3.63) is 0 Å². The lowest BCUT2D eigenvalue weighted by atomic mass is 9.71. The summed E-state index contributed by atoms with van der Waals surface area (Å²) in [6.07, 6.45) is 5.54. The molecule has 2 saturated heterocycles. The van der Waals surface area contributed by atoms with E-state index < -0.39 is 0 Å². The number of rotatable bonds is 2. The third kappa shape index (κ3) is 1.96. The van der Waals surface area contributed by atoms with Crippen molar-refractivity contribution in [1.29, 1.82) is 0 Å². The highest BCUT2D eigenvalue weighted by molar-refractivity contribution is 4.99. The van der Waals surface area contributed by atoms with Crippen molar-refractivity contribution in [2.24, 2.45) is 11.3 Å². The van der Waals surface area contributed by atoms with Crippen molar-refractivity contribution >= 4 is 0 Å². The molecule has 0 aromatic rings. The minimum Gasteiger partial charge on any atom is -0.317 e. The normalized spacial score (nSPS) is 31.5. The van der Waals surface area contributed by atoms with Crippen LogP contribution in [0.3, 0.4) is 0 Å². The molecule has 0 aliphatic carbocycles. The van der Waals surface area contributed by atoms with Gasteiger partial charge >= 0.3 is 0 Å². The number of nitrogens with one attached hydrogen (secondary N) is 2. The minimum atomic E-state index is 0.648. The first kappa shape index (κ1) is 10.4. The Morgan fingerprint density at radius 3 is 2.43 bits per heavy atom. The fourth-order valence-corrected chi connectivity index (χ4v) is 3.21. The third-order valence-corrected chi connectivity index (χ3v) is 4.06. The maximum Gasteiger partial charge on any atom is 0.0127 e. The van der Waals surface area contributed by atoms with Gasteiger partial charge < -0.3 is 10.6 Å². The average Bonchev–Trinajstić information content (AvgIpc) is 2.50. The molecule has 0 saturated carbocycles. The number of hydrogen-bond donors (Lipinski definition) is 2. The van der Waals surface area contributed by atoms with Crippen LogP contribution < -0.4 is 10.6 Å². The molecule has 2 aliphatic rings. The minimum absolute atomic E-state index is 0.648. The SMILES string of the molecule is CC(C)CC1NCCC12CCNCC2. The second-order valence-corrected chi connectivity index (χ2v) is 5.50. The van der Waals surface area contributed by atoms with E-state index in [2.05, 4.69) is 24.5 Å². The van der Waals surface area contributed by atoms with E-state index in [-0.39, 0.29) is 0 Å². The maximum absolute atomic E-state index is 3.72. The molecule has 1 spiro atoms. The molecule has 82 valence electrons. The van der Waals surface area contributed by atoms with Gasteiger partial charge in [-0.05, 0) is 56.7 Å². The first-order chi connectivity index (χ1) is 6.73. The van der Waals surface area contributed by atoms with E-state index in [4.69, 9.17) is 0 Å². The molecule has 2 aliphatic heterocycles. The van der Waals surface area contributed by atoms with Crippen LogP contribution in [0.5, 0.6) is 0 Å². The fraction of sp³-hybridized carbons (Fsp3) is 1.00. The third-order valence-electron chi connectivity index (χ3n) is 4.06. The highest BCUT2D eigenvalue weighted by Crippen LogP contribution is 2.41. The quantitative estimate of drug-likeness (QED) is 0.703. The molecule has 14 heavy (non-hydrogen) atoms. The van der Waals surface area contributed by atoms with E-state index in [0.29, 0.717) is 5.41 Å². The summed E-state index contributed by atoms with van der Waals surface area (Å²) in [5.74, 6) is 0.831. The predicted molar refractivity (Wildman–Crippen MR) is 60.4 cm³/mol. The van der Waals surface area contributed by atoms with Crippen LogP contribution in [0.25, 0.3) is 0 Å². The smallest absolute Gasteiger partial charge is 0.0127 e. The Bertz CT molecular complexity index is 183. The van der Waals surface area contributed by atoms with Gasteiger partial charge in [0.1, 0.15) is 0 Å². The summed E-state index contributed by atoms with van der Waals surface area (Å²) >= 11 is 0. The van der Waals surface area contributed by atoms with E-state index in [1.807, 2.05) is 0 Å². The predicted octanol–water partition coefficient (Wildman–Crippen LogP) is 1.76. The van der Waals surface area contributed by atoms with Crippen molar-refractivity contribution < 1.29 is 0 Å². The molecule has 0 aromatic carbocycles.